The molecule has 0 saturated heterocycles. The Balaban J connectivity index is 1.54. The molecule has 0 atom stereocenters. The van der Waals surface area contributed by atoms with Crippen LogP contribution < -0.4 is 5.32 Å². The van der Waals surface area contributed by atoms with E-state index in [1.807, 2.05) is 25.2 Å². The van der Waals surface area contributed by atoms with Gasteiger partial charge in [-0.3, -0.25) is 14.5 Å². The first-order valence-corrected chi connectivity index (χ1v) is 8.96. The van der Waals surface area contributed by atoms with Crippen LogP contribution in [-0.2, 0) is 12.5 Å². The van der Waals surface area contributed by atoms with Crippen molar-refractivity contribution < 1.29 is 4.79 Å². The van der Waals surface area contributed by atoms with Crippen LogP contribution in [0.3, 0.4) is 0 Å². The van der Waals surface area contributed by atoms with Gasteiger partial charge in [-0.15, -0.1) is 0 Å². The van der Waals surface area contributed by atoms with Gasteiger partial charge in [-0.2, -0.15) is 5.10 Å². The minimum atomic E-state index is -0.0841. The number of hydrogen-bond donors (Lipinski definition) is 1. The number of carbonyl (C=O) groups is 1. The van der Waals surface area contributed by atoms with Crippen molar-refractivity contribution in [3.63, 3.8) is 0 Å². The van der Waals surface area contributed by atoms with Gasteiger partial charge >= 0.3 is 0 Å². The zero-order chi connectivity index (χ0) is 18.0. The maximum absolute atomic E-state index is 12.9. The van der Waals surface area contributed by atoms with E-state index >= 15 is 0 Å². The average Bonchev–Trinajstić information content (AvgIpc) is 3.04. The molecule has 0 bridgehead atoms. The number of pyridine rings is 1. The second-order valence-electron chi connectivity index (χ2n) is 6.99. The summed E-state index contributed by atoms with van der Waals surface area (Å²) < 4.78 is 1.67. The normalized spacial score (nSPS) is 15.3. The Morgan fingerprint density at radius 2 is 2.00 bits per heavy atom. The fourth-order valence-corrected chi connectivity index (χ4v) is 3.68. The first kappa shape index (κ1) is 16.5. The van der Waals surface area contributed by atoms with Crippen molar-refractivity contribution in [2.75, 3.05) is 6.54 Å². The maximum atomic E-state index is 12.9. The van der Waals surface area contributed by atoms with Gasteiger partial charge in [0.15, 0.2) is 0 Å². The lowest BCUT2D eigenvalue weighted by molar-refractivity contribution is 0.0928. The number of benzene rings is 1. The lowest BCUT2D eigenvalue weighted by atomic mass is 9.64. The van der Waals surface area contributed by atoms with Crippen LogP contribution in [-0.4, -0.2) is 27.2 Å². The molecule has 132 valence electrons. The van der Waals surface area contributed by atoms with Crippen molar-refractivity contribution in [1.82, 2.24) is 20.1 Å². The highest BCUT2D eigenvalue weighted by Crippen LogP contribution is 2.43. The van der Waals surface area contributed by atoms with E-state index in [2.05, 4.69) is 39.7 Å². The van der Waals surface area contributed by atoms with Gasteiger partial charge in [0.05, 0.1) is 5.56 Å². The van der Waals surface area contributed by atoms with Crippen LogP contribution in [0.4, 0.5) is 0 Å². The summed E-state index contributed by atoms with van der Waals surface area (Å²) in [6.45, 7) is 0.650. The molecule has 0 unspecified atom stereocenters. The predicted octanol–water partition coefficient (Wildman–Crippen LogP) is 3.33. The first-order valence-electron chi connectivity index (χ1n) is 8.96. The van der Waals surface area contributed by atoms with Crippen molar-refractivity contribution in [1.29, 1.82) is 0 Å². The number of aromatic nitrogens is 3. The van der Waals surface area contributed by atoms with Gasteiger partial charge in [-0.25, -0.2) is 0 Å². The molecule has 1 aliphatic carbocycles. The van der Waals surface area contributed by atoms with Gasteiger partial charge in [-0.05, 0) is 30.5 Å². The number of hydrogen-bond acceptors (Lipinski definition) is 3. The van der Waals surface area contributed by atoms with Crippen LogP contribution in [0.2, 0.25) is 0 Å². The summed E-state index contributed by atoms with van der Waals surface area (Å²) in [7, 11) is 1.83. The van der Waals surface area contributed by atoms with Crippen LogP contribution in [0.1, 0.15) is 35.2 Å². The van der Waals surface area contributed by atoms with Gasteiger partial charge in [0.2, 0.25) is 0 Å². The molecule has 1 amide bonds. The third kappa shape index (κ3) is 3.01. The predicted molar refractivity (Wildman–Crippen MR) is 101 cm³/mol. The van der Waals surface area contributed by atoms with E-state index in [4.69, 9.17) is 0 Å². The maximum Gasteiger partial charge on any atom is 0.255 e. The molecule has 0 radical (unpaired) electrons. The summed E-state index contributed by atoms with van der Waals surface area (Å²) in [4.78, 5) is 17.0. The molecular weight excluding hydrogens is 324 g/mol. The van der Waals surface area contributed by atoms with E-state index in [-0.39, 0.29) is 11.3 Å². The zero-order valence-electron chi connectivity index (χ0n) is 14.9. The molecule has 26 heavy (non-hydrogen) atoms. The molecular formula is C21H22N4O. The number of nitrogens with one attached hydrogen (secondary N) is 1. The molecule has 2 heterocycles. The topological polar surface area (TPSA) is 59.8 Å². The Labute approximate surface area is 153 Å². The Morgan fingerprint density at radius 3 is 2.65 bits per heavy atom. The summed E-state index contributed by atoms with van der Waals surface area (Å²) in [6.07, 6.45) is 8.65. The minimum Gasteiger partial charge on any atom is -0.351 e. The van der Waals surface area contributed by atoms with Crippen LogP contribution >= 0.6 is 0 Å². The molecule has 5 nitrogen and oxygen atoms in total. The quantitative estimate of drug-likeness (QED) is 0.771. The van der Waals surface area contributed by atoms with Gasteiger partial charge < -0.3 is 5.32 Å². The number of carbonyl (C=O) groups excluding carboxylic acids is 1. The monoisotopic (exact) mass is 346 g/mol. The standard InChI is InChI=1S/C21H22N4O/c1-25-14-18(19(24-25)16-7-5-12-22-13-16)20(26)23-15-21(10-6-11-21)17-8-3-2-4-9-17/h2-5,7-9,12-14H,6,10-11,15H2,1H3,(H,23,26). The molecule has 1 aromatic carbocycles. The molecule has 1 saturated carbocycles. The largest absolute Gasteiger partial charge is 0.351 e. The highest BCUT2D eigenvalue weighted by molar-refractivity contribution is 5.99. The van der Waals surface area contributed by atoms with Crippen LogP contribution in [0.5, 0.6) is 0 Å². The Hall–Kier alpha value is -2.95. The molecule has 1 aliphatic rings. The number of nitrogens with zero attached hydrogens (tertiary/aromatic N) is 3. The number of amides is 1. The van der Waals surface area contributed by atoms with E-state index < -0.39 is 0 Å². The average molecular weight is 346 g/mol. The van der Waals surface area contributed by atoms with Crippen LogP contribution in [0, 0.1) is 0 Å². The van der Waals surface area contributed by atoms with Crippen molar-refractivity contribution in [2.45, 2.75) is 24.7 Å². The highest BCUT2D eigenvalue weighted by Gasteiger charge is 2.38. The van der Waals surface area contributed by atoms with Crippen molar-refractivity contribution in [2.24, 2.45) is 7.05 Å². The van der Waals surface area contributed by atoms with Crippen LogP contribution in [0.15, 0.2) is 61.1 Å². The molecule has 0 spiro atoms. The van der Waals surface area contributed by atoms with Gasteiger partial charge in [0.25, 0.3) is 5.91 Å². The summed E-state index contributed by atoms with van der Waals surface area (Å²) >= 11 is 0. The second kappa shape index (κ2) is 6.75. The van der Waals surface area contributed by atoms with E-state index in [9.17, 15) is 4.79 Å². The smallest absolute Gasteiger partial charge is 0.255 e. The molecule has 3 aromatic rings. The van der Waals surface area contributed by atoms with Crippen LogP contribution in [0.25, 0.3) is 11.3 Å². The fourth-order valence-electron chi connectivity index (χ4n) is 3.68. The molecule has 5 heteroatoms. The fraction of sp³-hybridized carbons (Fsp3) is 0.286. The van der Waals surface area contributed by atoms with E-state index in [1.165, 1.54) is 12.0 Å². The first-order chi connectivity index (χ1) is 12.7. The van der Waals surface area contributed by atoms with E-state index in [0.717, 1.165) is 18.4 Å². The van der Waals surface area contributed by atoms with Crippen molar-refractivity contribution >= 4 is 5.91 Å². The third-order valence-electron chi connectivity index (χ3n) is 5.29. The minimum absolute atomic E-state index is 0.0631. The third-order valence-corrected chi connectivity index (χ3v) is 5.29. The van der Waals surface area contributed by atoms with Crippen molar-refractivity contribution in [3.8, 4) is 11.3 Å². The number of rotatable bonds is 5. The van der Waals surface area contributed by atoms with Crippen molar-refractivity contribution in [3.05, 3.63) is 72.2 Å². The SMILES string of the molecule is Cn1cc(C(=O)NCC2(c3ccccc3)CCC2)c(-c2cccnc2)n1. The Morgan fingerprint density at radius 1 is 1.19 bits per heavy atom. The molecule has 4 rings (SSSR count). The Kier molecular flexibility index (Phi) is 4.29. The molecule has 2 aromatic heterocycles. The molecule has 1 fully saturated rings. The highest BCUT2D eigenvalue weighted by atomic mass is 16.1. The Bertz CT molecular complexity index is 898. The summed E-state index contributed by atoms with van der Waals surface area (Å²) in [5, 5.41) is 7.61. The van der Waals surface area contributed by atoms with E-state index in [1.54, 1.807) is 23.3 Å². The lowest BCUT2D eigenvalue weighted by Crippen LogP contribution is -2.45. The summed E-state index contributed by atoms with van der Waals surface area (Å²) in [6, 6.07) is 14.3. The lowest BCUT2D eigenvalue weighted by Gasteiger charge is -2.42. The van der Waals surface area contributed by atoms with Gasteiger partial charge in [0, 0.05) is 43.2 Å². The summed E-state index contributed by atoms with van der Waals surface area (Å²) in [5.74, 6) is -0.0841. The zero-order valence-corrected chi connectivity index (χ0v) is 14.9. The molecule has 1 N–H and O–H groups in total. The summed E-state index contributed by atoms with van der Waals surface area (Å²) in [5.41, 5.74) is 3.47. The number of aryl methyl sites for hydroxylation is 1. The molecule has 0 aliphatic heterocycles. The van der Waals surface area contributed by atoms with Gasteiger partial charge in [-0.1, -0.05) is 36.8 Å². The van der Waals surface area contributed by atoms with E-state index in [0.29, 0.717) is 17.8 Å². The van der Waals surface area contributed by atoms with Gasteiger partial charge in [0.1, 0.15) is 5.69 Å². The second-order valence-corrected chi connectivity index (χ2v) is 6.99.